The third kappa shape index (κ3) is 9.38. The highest BCUT2D eigenvalue weighted by atomic mass is 127. The summed E-state index contributed by atoms with van der Waals surface area (Å²) in [4.78, 5) is 22.7. The van der Waals surface area contributed by atoms with Gasteiger partial charge in [-0.1, -0.05) is 43.4 Å². The largest absolute Gasteiger partial charge is 0.465 e. The molecular weight excluding hydrogens is 335 g/mol. The monoisotopic (exact) mass is 356 g/mol. The first kappa shape index (κ1) is 16.7. The maximum absolute atomic E-state index is 11.4. The van der Waals surface area contributed by atoms with Crippen molar-refractivity contribution in [3.63, 3.8) is 0 Å². The number of carbonyl (C=O) groups is 2. The smallest absolute Gasteiger partial charge is 0.309 e. The molecule has 0 bridgehead atoms. The van der Waals surface area contributed by atoms with Crippen molar-refractivity contribution in [2.45, 2.75) is 46.1 Å². The number of carbonyl (C=O) groups excluding carboxylic acids is 2. The number of alkyl halides is 1. The van der Waals surface area contributed by atoms with Crippen molar-refractivity contribution in [3.8, 4) is 0 Å². The molecule has 17 heavy (non-hydrogen) atoms. The van der Waals surface area contributed by atoms with Gasteiger partial charge in [0.15, 0.2) is 0 Å². The minimum absolute atomic E-state index is 0.144. The Morgan fingerprint density at radius 3 is 2.35 bits per heavy atom. The number of hydrogen-bond donors (Lipinski definition) is 0. The molecule has 100 valence electrons. The van der Waals surface area contributed by atoms with Gasteiger partial charge in [-0.3, -0.25) is 9.59 Å². The van der Waals surface area contributed by atoms with E-state index in [1.54, 1.807) is 0 Å². The molecule has 1 atom stereocenters. The van der Waals surface area contributed by atoms with Crippen LogP contribution in [0.15, 0.2) is 0 Å². The summed E-state index contributed by atoms with van der Waals surface area (Å²) in [6.07, 6.45) is 0.929. The van der Waals surface area contributed by atoms with Crippen LogP contribution in [0.1, 0.15) is 40.0 Å². The van der Waals surface area contributed by atoms with E-state index in [-0.39, 0.29) is 24.5 Å². The maximum atomic E-state index is 11.4. The fourth-order valence-corrected chi connectivity index (χ4v) is 1.57. The molecule has 1 unspecified atom stereocenters. The molecule has 5 heteroatoms. The molecule has 0 saturated heterocycles. The first-order valence-electron chi connectivity index (χ1n) is 5.90. The van der Waals surface area contributed by atoms with Gasteiger partial charge >= 0.3 is 11.9 Å². The Morgan fingerprint density at radius 2 is 1.88 bits per heavy atom. The molecule has 0 aliphatic carbocycles. The van der Waals surface area contributed by atoms with E-state index in [1.807, 2.05) is 20.8 Å². The summed E-state index contributed by atoms with van der Waals surface area (Å²) < 4.78 is 10.8. The SMILES string of the molecule is CCCC(=O)OC(CI)CC(=O)OCC(C)C. The summed E-state index contributed by atoms with van der Waals surface area (Å²) in [5.74, 6) is -0.227. The van der Waals surface area contributed by atoms with E-state index < -0.39 is 0 Å². The van der Waals surface area contributed by atoms with E-state index in [9.17, 15) is 9.59 Å². The van der Waals surface area contributed by atoms with Crippen molar-refractivity contribution in [2.24, 2.45) is 5.92 Å². The van der Waals surface area contributed by atoms with Crippen molar-refractivity contribution in [3.05, 3.63) is 0 Å². The lowest BCUT2D eigenvalue weighted by Crippen LogP contribution is -2.24. The van der Waals surface area contributed by atoms with Crippen LogP contribution in [-0.4, -0.2) is 29.1 Å². The lowest BCUT2D eigenvalue weighted by Gasteiger charge is -2.15. The van der Waals surface area contributed by atoms with Gasteiger partial charge in [0, 0.05) is 10.8 Å². The lowest BCUT2D eigenvalue weighted by molar-refractivity contribution is -0.154. The zero-order valence-corrected chi connectivity index (χ0v) is 12.9. The number of rotatable bonds is 8. The summed E-state index contributed by atoms with van der Waals surface area (Å²) in [5, 5.41) is 0. The van der Waals surface area contributed by atoms with Crippen molar-refractivity contribution in [1.82, 2.24) is 0 Å². The van der Waals surface area contributed by atoms with Gasteiger partial charge in [-0.25, -0.2) is 0 Å². The Kier molecular flexibility index (Phi) is 9.49. The molecule has 0 spiro atoms. The minimum Gasteiger partial charge on any atom is -0.465 e. The van der Waals surface area contributed by atoms with E-state index in [4.69, 9.17) is 9.47 Å². The molecule has 0 aliphatic rings. The Bertz CT molecular complexity index is 241. The van der Waals surface area contributed by atoms with E-state index >= 15 is 0 Å². The summed E-state index contributed by atoms with van der Waals surface area (Å²) in [5.41, 5.74) is 0. The van der Waals surface area contributed by atoms with Gasteiger partial charge in [-0.2, -0.15) is 0 Å². The number of hydrogen-bond acceptors (Lipinski definition) is 4. The normalized spacial score (nSPS) is 12.3. The highest BCUT2D eigenvalue weighted by Crippen LogP contribution is 2.08. The van der Waals surface area contributed by atoms with E-state index in [2.05, 4.69) is 22.6 Å². The van der Waals surface area contributed by atoms with Gasteiger partial charge < -0.3 is 9.47 Å². The van der Waals surface area contributed by atoms with Crippen LogP contribution in [0.25, 0.3) is 0 Å². The lowest BCUT2D eigenvalue weighted by atomic mass is 10.2. The van der Waals surface area contributed by atoms with Crippen LogP contribution in [0.4, 0.5) is 0 Å². The van der Waals surface area contributed by atoms with Gasteiger partial charge in [0.1, 0.15) is 6.10 Å². The molecule has 0 fully saturated rings. The van der Waals surface area contributed by atoms with Crippen molar-refractivity contribution >= 4 is 34.5 Å². The molecule has 0 radical (unpaired) electrons. The molecule has 0 saturated carbocycles. The van der Waals surface area contributed by atoms with Crippen LogP contribution in [0.5, 0.6) is 0 Å². The molecule has 0 rings (SSSR count). The maximum Gasteiger partial charge on any atom is 0.309 e. The van der Waals surface area contributed by atoms with Crippen molar-refractivity contribution in [1.29, 1.82) is 0 Å². The van der Waals surface area contributed by atoms with Gasteiger partial charge in [0.25, 0.3) is 0 Å². The highest BCUT2D eigenvalue weighted by Gasteiger charge is 2.18. The fraction of sp³-hybridized carbons (Fsp3) is 0.833. The molecule has 0 N–H and O–H groups in total. The van der Waals surface area contributed by atoms with E-state index in [0.29, 0.717) is 23.4 Å². The molecule has 0 heterocycles. The number of ether oxygens (including phenoxy) is 2. The fourth-order valence-electron chi connectivity index (χ4n) is 1.08. The third-order valence-corrected chi connectivity index (χ3v) is 2.88. The molecular formula is C12H21IO4. The minimum atomic E-state index is -0.366. The quantitative estimate of drug-likeness (QED) is 0.381. The van der Waals surface area contributed by atoms with Crippen LogP contribution in [-0.2, 0) is 19.1 Å². The van der Waals surface area contributed by atoms with Gasteiger partial charge in [0.05, 0.1) is 13.0 Å². The van der Waals surface area contributed by atoms with Crippen molar-refractivity contribution < 1.29 is 19.1 Å². The number of halogens is 1. The Hall–Kier alpha value is -0.330. The standard InChI is InChI=1S/C12H21IO4/c1-4-5-11(14)17-10(7-13)6-12(15)16-8-9(2)3/h9-10H,4-8H2,1-3H3. The molecule has 0 amide bonds. The molecule has 4 nitrogen and oxygen atoms in total. The van der Waals surface area contributed by atoms with Gasteiger partial charge in [-0.05, 0) is 12.3 Å². The predicted octanol–water partition coefficient (Wildman–Crippen LogP) is 2.72. The second-order valence-electron chi connectivity index (χ2n) is 4.30. The Morgan fingerprint density at radius 1 is 1.24 bits per heavy atom. The topological polar surface area (TPSA) is 52.6 Å². The Labute approximate surface area is 117 Å². The summed E-state index contributed by atoms with van der Waals surface area (Å²) >= 11 is 2.10. The van der Waals surface area contributed by atoms with E-state index in [0.717, 1.165) is 6.42 Å². The first-order valence-corrected chi connectivity index (χ1v) is 7.43. The van der Waals surface area contributed by atoms with Crippen LogP contribution < -0.4 is 0 Å². The zero-order valence-electron chi connectivity index (χ0n) is 10.7. The summed E-state index contributed by atoms with van der Waals surface area (Å²) in [6.45, 7) is 6.28. The highest BCUT2D eigenvalue weighted by molar-refractivity contribution is 14.1. The van der Waals surface area contributed by atoms with Crippen LogP contribution in [0.2, 0.25) is 0 Å². The third-order valence-electron chi connectivity index (χ3n) is 1.90. The molecule has 0 aromatic carbocycles. The average Bonchev–Trinajstić information content (AvgIpc) is 2.25. The average molecular weight is 356 g/mol. The van der Waals surface area contributed by atoms with Crippen LogP contribution in [0.3, 0.4) is 0 Å². The second kappa shape index (κ2) is 9.67. The van der Waals surface area contributed by atoms with Crippen molar-refractivity contribution in [2.75, 3.05) is 11.0 Å². The number of esters is 2. The molecule has 0 aromatic heterocycles. The van der Waals surface area contributed by atoms with Crippen LogP contribution in [0, 0.1) is 5.92 Å². The molecule has 0 aromatic rings. The van der Waals surface area contributed by atoms with Crippen LogP contribution >= 0.6 is 22.6 Å². The van der Waals surface area contributed by atoms with Gasteiger partial charge in [-0.15, -0.1) is 0 Å². The second-order valence-corrected chi connectivity index (χ2v) is 5.18. The zero-order chi connectivity index (χ0) is 13.3. The Balaban J connectivity index is 3.95. The first-order chi connectivity index (χ1) is 7.99. The predicted molar refractivity (Wildman–Crippen MR) is 74.1 cm³/mol. The van der Waals surface area contributed by atoms with Gasteiger partial charge in [0.2, 0.25) is 0 Å². The summed E-state index contributed by atoms with van der Waals surface area (Å²) in [6, 6.07) is 0. The molecule has 0 aliphatic heterocycles. The van der Waals surface area contributed by atoms with E-state index in [1.165, 1.54) is 0 Å². The summed E-state index contributed by atoms with van der Waals surface area (Å²) in [7, 11) is 0.